The van der Waals surface area contributed by atoms with Gasteiger partial charge < -0.3 is 15.1 Å². The Morgan fingerprint density at radius 1 is 1.24 bits per heavy atom. The number of halogens is 3. The fraction of sp³-hybridized carbons (Fsp3) is 0.464. The highest BCUT2D eigenvalue weighted by atomic mass is 19.4. The van der Waals surface area contributed by atoms with E-state index in [-0.39, 0.29) is 37.0 Å². The number of amides is 1. The Bertz CT molecular complexity index is 1270. The summed E-state index contributed by atoms with van der Waals surface area (Å²) in [5.74, 6) is -0.226. The summed E-state index contributed by atoms with van der Waals surface area (Å²) in [5, 5.41) is 19.5. The first-order valence-corrected chi connectivity index (χ1v) is 13.0. The molecule has 7 nitrogen and oxygen atoms in total. The molecule has 204 valence electrons. The summed E-state index contributed by atoms with van der Waals surface area (Å²) in [7, 11) is 1.64. The van der Waals surface area contributed by atoms with E-state index in [0.717, 1.165) is 50.7 Å². The van der Waals surface area contributed by atoms with Gasteiger partial charge in [-0.2, -0.15) is 13.2 Å². The predicted molar refractivity (Wildman–Crippen MR) is 143 cm³/mol. The lowest BCUT2D eigenvalue weighted by atomic mass is 9.78. The number of fused-ring (bicyclic) bond motifs is 1. The van der Waals surface area contributed by atoms with Gasteiger partial charge in [0.25, 0.3) is 5.91 Å². The highest BCUT2D eigenvalue weighted by Crippen LogP contribution is 2.40. The Kier molecular flexibility index (Phi) is 6.81. The van der Waals surface area contributed by atoms with Gasteiger partial charge in [0.05, 0.1) is 24.5 Å². The van der Waals surface area contributed by atoms with E-state index in [1.54, 1.807) is 31.3 Å². The third-order valence-electron chi connectivity index (χ3n) is 8.17. The maximum Gasteiger partial charge on any atom is 0.416 e. The van der Waals surface area contributed by atoms with Gasteiger partial charge in [-0.05, 0) is 73.6 Å². The molecule has 2 aromatic carbocycles. The van der Waals surface area contributed by atoms with Crippen LogP contribution in [0.2, 0.25) is 0 Å². The maximum atomic E-state index is 14.1. The van der Waals surface area contributed by atoms with Gasteiger partial charge in [-0.25, -0.2) is 0 Å². The molecule has 2 aliphatic heterocycles. The minimum atomic E-state index is -4.58. The van der Waals surface area contributed by atoms with Crippen LogP contribution in [0.15, 0.2) is 36.4 Å². The van der Waals surface area contributed by atoms with Gasteiger partial charge in [0.1, 0.15) is 5.84 Å². The first kappa shape index (κ1) is 26.4. The SMILES string of the molecule is CN(C=N)C(=N)[C@@H](c1cccc(N2Cc3c(cc(CNC4(C)CCC4)cc3C(F)(F)F)C2=O)c1)N1CCC1.[HH]. The van der Waals surface area contributed by atoms with Gasteiger partial charge >= 0.3 is 6.18 Å². The minimum absolute atomic E-state index is 0. The molecule has 0 radical (unpaired) electrons. The van der Waals surface area contributed by atoms with Gasteiger partial charge in [-0.1, -0.05) is 12.1 Å². The van der Waals surface area contributed by atoms with Crippen molar-refractivity contribution >= 4 is 23.8 Å². The number of carbonyl (C=O) groups excluding carboxylic acids is 1. The molecule has 0 spiro atoms. The Balaban J connectivity index is 0.00000353. The lowest BCUT2D eigenvalue weighted by Gasteiger charge is -2.40. The first-order chi connectivity index (χ1) is 18.0. The molecule has 38 heavy (non-hydrogen) atoms. The molecule has 3 aliphatic rings. The van der Waals surface area contributed by atoms with E-state index < -0.39 is 23.7 Å². The predicted octanol–water partition coefficient (Wildman–Crippen LogP) is 5.41. The van der Waals surface area contributed by atoms with E-state index in [1.165, 1.54) is 15.9 Å². The Hall–Kier alpha value is -3.24. The number of carbonyl (C=O) groups is 1. The molecule has 5 rings (SSSR count). The molecule has 0 bridgehead atoms. The van der Waals surface area contributed by atoms with E-state index in [9.17, 15) is 18.0 Å². The van der Waals surface area contributed by atoms with Crippen LogP contribution in [0, 0.1) is 10.8 Å². The zero-order valence-corrected chi connectivity index (χ0v) is 21.7. The van der Waals surface area contributed by atoms with Gasteiger partial charge in [0.15, 0.2) is 0 Å². The molecule has 2 heterocycles. The summed E-state index contributed by atoms with van der Waals surface area (Å²) in [4.78, 5) is 18.5. The summed E-state index contributed by atoms with van der Waals surface area (Å²) in [6.07, 6.45) is 0.582. The first-order valence-electron chi connectivity index (χ1n) is 13.0. The van der Waals surface area contributed by atoms with Crippen molar-refractivity contribution in [2.75, 3.05) is 25.0 Å². The summed E-state index contributed by atoms with van der Waals surface area (Å²) < 4.78 is 42.4. The summed E-state index contributed by atoms with van der Waals surface area (Å²) in [6, 6.07) is 9.50. The molecule has 3 N–H and O–H groups in total. The number of likely N-dealkylation sites (N-methyl/N-ethyl adjacent to an activating group) is 1. The molecule has 1 saturated heterocycles. The van der Waals surface area contributed by atoms with Crippen LogP contribution < -0.4 is 10.2 Å². The van der Waals surface area contributed by atoms with Crippen molar-refractivity contribution in [1.29, 1.82) is 10.8 Å². The molecule has 2 fully saturated rings. The molecule has 10 heteroatoms. The molecule has 0 unspecified atom stereocenters. The van der Waals surface area contributed by atoms with Gasteiger partial charge in [0, 0.05) is 44.9 Å². The number of alkyl halides is 3. The molecular weight excluding hydrogens is 493 g/mol. The number of hydrogen-bond acceptors (Lipinski definition) is 5. The lowest BCUT2D eigenvalue weighted by Crippen LogP contribution is -2.47. The number of hydrogen-bond donors (Lipinski definition) is 3. The summed E-state index contributed by atoms with van der Waals surface area (Å²) >= 11 is 0. The monoisotopic (exact) mass is 528 g/mol. The third kappa shape index (κ3) is 4.82. The number of nitrogens with zero attached hydrogens (tertiary/aromatic N) is 3. The van der Waals surface area contributed by atoms with Crippen LogP contribution in [0.4, 0.5) is 18.9 Å². The second-order valence-corrected chi connectivity index (χ2v) is 10.8. The number of nitrogens with one attached hydrogen (secondary N) is 3. The standard InChI is InChI=1S/C28H33F3N6O.H2/c1-27(8-4-9-27)34-15-18-12-21-22(23(13-18)28(29,30)31)16-37(26(21)38)20-7-3-6-19(14-20)24(36-10-5-11-36)25(33)35(2)17-32;/h3,6-7,12-14,17,24,32-34H,4-5,8-11,15-16H2,1-2H3;1H/t24-;/m1./s1. The molecule has 1 aliphatic carbocycles. The third-order valence-corrected chi connectivity index (χ3v) is 8.17. The van der Waals surface area contributed by atoms with Crippen molar-refractivity contribution in [3.8, 4) is 0 Å². The molecule has 1 atom stereocenters. The zero-order chi connectivity index (χ0) is 27.2. The van der Waals surface area contributed by atoms with E-state index in [0.29, 0.717) is 11.3 Å². The number of benzene rings is 2. The second-order valence-electron chi connectivity index (χ2n) is 10.8. The smallest absolute Gasteiger partial charge is 0.323 e. The fourth-order valence-electron chi connectivity index (χ4n) is 5.50. The van der Waals surface area contributed by atoms with E-state index in [1.807, 2.05) is 6.07 Å². The average molecular weight is 529 g/mol. The van der Waals surface area contributed by atoms with Crippen molar-refractivity contribution in [2.45, 2.75) is 63.5 Å². The zero-order valence-electron chi connectivity index (χ0n) is 21.7. The van der Waals surface area contributed by atoms with Crippen LogP contribution in [-0.2, 0) is 19.3 Å². The fourth-order valence-corrected chi connectivity index (χ4v) is 5.50. The Morgan fingerprint density at radius 3 is 2.55 bits per heavy atom. The van der Waals surface area contributed by atoms with Crippen LogP contribution in [0.3, 0.4) is 0 Å². The van der Waals surface area contributed by atoms with Crippen molar-refractivity contribution < 1.29 is 19.4 Å². The Morgan fingerprint density at radius 2 is 1.97 bits per heavy atom. The molecular formula is C28H35F3N6O. The van der Waals surface area contributed by atoms with Crippen molar-refractivity contribution in [3.63, 3.8) is 0 Å². The van der Waals surface area contributed by atoms with Gasteiger partial charge in [0.2, 0.25) is 0 Å². The van der Waals surface area contributed by atoms with Gasteiger partial charge in [-0.3, -0.25) is 20.5 Å². The maximum absolute atomic E-state index is 14.1. The van der Waals surface area contributed by atoms with E-state index in [4.69, 9.17) is 10.8 Å². The number of anilines is 1. The quantitative estimate of drug-likeness (QED) is 0.316. The number of amidine groups is 1. The van der Waals surface area contributed by atoms with Crippen LogP contribution in [0.5, 0.6) is 0 Å². The molecule has 2 aromatic rings. The molecule has 0 aromatic heterocycles. The van der Waals surface area contributed by atoms with Crippen LogP contribution >= 0.6 is 0 Å². The van der Waals surface area contributed by atoms with Crippen LogP contribution in [-0.4, -0.2) is 53.6 Å². The Labute approximate surface area is 222 Å². The largest absolute Gasteiger partial charge is 0.416 e. The second kappa shape index (κ2) is 9.81. The van der Waals surface area contributed by atoms with Gasteiger partial charge in [-0.15, -0.1) is 0 Å². The molecule has 1 saturated carbocycles. The van der Waals surface area contributed by atoms with Crippen LogP contribution in [0.1, 0.15) is 72.7 Å². The highest BCUT2D eigenvalue weighted by molar-refractivity contribution is 6.10. The number of rotatable bonds is 8. The van der Waals surface area contributed by atoms with Crippen molar-refractivity contribution in [2.24, 2.45) is 0 Å². The summed E-state index contributed by atoms with van der Waals surface area (Å²) in [5.41, 5.74) is 0.979. The highest BCUT2D eigenvalue weighted by Gasteiger charge is 2.41. The summed E-state index contributed by atoms with van der Waals surface area (Å²) in [6.45, 7) is 3.80. The average Bonchev–Trinajstić information content (AvgIpc) is 3.17. The van der Waals surface area contributed by atoms with E-state index in [2.05, 4.69) is 17.1 Å². The topological polar surface area (TPSA) is 86.5 Å². The van der Waals surface area contributed by atoms with Crippen molar-refractivity contribution in [3.05, 3.63) is 64.2 Å². The normalized spacial score (nSPS) is 19.4. The van der Waals surface area contributed by atoms with Crippen LogP contribution in [0.25, 0.3) is 0 Å². The van der Waals surface area contributed by atoms with Crippen molar-refractivity contribution in [1.82, 2.24) is 15.1 Å². The molecule has 1 amide bonds. The number of likely N-dealkylation sites (tertiary alicyclic amines) is 1. The van der Waals surface area contributed by atoms with E-state index >= 15 is 0 Å². The lowest BCUT2D eigenvalue weighted by molar-refractivity contribution is -0.138. The minimum Gasteiger partial charge on any atom is -0.323 e.